The van der Waals surface area contributed by atoms with Gasteiger partial charge in [0.15, 0.2) is 5.65 Å². The molecule has 1 fully saturated rings. The van der Waals surface area contributed by atoms with E-state index in [0.717, 1.165) is 34.3 Å². The summed E-state index contributed by atoms with van der Waals surface area (Å²) in [5.74, 6) is 0.382. The summed E-state index contributed by atoms with van der Waals surface area (Å²) in [7, 11) is 0. The predicted octanol–water partition coefficient (Wildman–Crippen LogP) is 3.45. The Morgan fingerprint density at radius 1 is 1.26 bits per heavy atom. The number of nitrogens with zero attached hydrogens (tertiary/aromatic N) is 2. The van der Waals surface area contributed by atoms with Crippen LogP contribution in [0.1, 0.15) is 55.0 Å². The van der Waals surface area contributed by atoms with E-state index < -0.39 is 0 Å². The first-order valence-electron chi connectivity index (χ1n) is 6.87. The summed E-state index contributed by atoms with van der Waals surface area (Å²) >= 11 is 3.49. The molecule has 4 nitrogen and oxygen atoms in total. The fraction of sp³-hybridized carbons (Fsp3) is 0.571. The Labute approximate surface area is 120 Å². The fourth-order valence-corrected chi connectivity index (χ4v) is 3.49. The van der Waals surface area contributed by atoms with E-state index in [1.807, 2.05) is 13.8 Å². The molecule has 0 unspecified atom stereocenters. The van der Waals surface area contributed by atoms with Gasteiger partial charge in [-0.15, -0.1) is 0 Å². The Bertz CT molecular complexity index is 680. The molecule has 0 spiro atoms. The van der Waals surface area contributed by atoms with Crippen LogP contribution in [0.25, 0.3) is 5.65 Å². The smallest absolute Gasteiger partial charge is 0.276 e. The van der Waals surface area contributed by atoms with Gasteiger partial charge < -0.3 is 0 Å². The summed E-state index contributed by atoms with van der Waals surface area (Å²) in [6.07, 6.45) is 5.97. The topological polar surface area (TPSA) is 50.2 Å². The van der Waals surface area contributed by atoms with Gasteiger partial charge in [0.05, 0.1) is 4.47 Å². The van der Waals surface area contributed by atoms with Crippen molar-refractivity contribution in [1.82, 2.24) is 14.6 Å². The Morgan fingerprint density at radius 3 is 2.63 bits per heavy atom. The van der Waals surface area contributed by atoms with Crippen LogP contribution in [-0.2, 0) is 0 Å². The van der Waals surface area contributed by atoms with E-state index in [0.29, 0.717) is 11.6 Å². The molecule has 0 amide bonds. The average molecular weight is 324 g/mol. The Morgan fingerprint density at radius 2 is 1.95 bits per heavy atom. The van der Waals surface area contributed by atoms with Crippen molar-refractivity contribution in [3.8, 4) is 0 Å². The molecule has 1 aliphatic carbocycles. The van der Waals surface area contributed by atoms with Crippen LogP contribution in [0, 0.1) is 13.8 Å². The molecule has 0 aliphatic heterocycles. The number of fused-ring (bicyclic) bond motifs is 1. The molecular formula is C14H18BrN3O. The van der Waals surface area contributed by atoms with Crippen molar-refractivity contribution >= 4 is 21.6 Å². The molecule has 2 heterocycles. The molecule has 2 aromatic heterocycles. The number of halogens is 1. The second-order valence-electron chi connectivity index (χ2n) is 5.46. The third kappa shape index (κ3) is 2.04. The highest BCUT2D eigenvalue weighted by molar-refractivity contribution is 9.10. The zero-order chi connectivity index (χ0) is 13.6. The van der Waals surface area contributed by atoms with Crippen LogP contribution < -0.4 is 5.56 Å². The molecule has 0 saturated heterocycles. The molecule has 102 valence electrons. The van der Waals surface area contributed by atoms with Gasteiger partial charge in [-0.25, -0.2) is 4.98 Å². The molecule has 3 rings (SSSR count). The number of H-pyrrole nitrogens is 1. The minimum atomic E-state index is 0.0724. The van der Waals surface area contributed by atoms with Crippen LogP contribution in [0.15, 0.2) is 9.27 Å². The SMILES string of the molecule is Cc1nc2c(Br)c(C)[nH]n2c(=O)c1C1CCCCC1. The van der Waals surface area contributed by atoms with Crippen LogP contribution in [0.2, 0.25) is 0 Å². The molecular weight excluding hydrogens is 306 g/mol. The second-order valence-corrected chi connectivity index (χ2v) is 6.25. The predicted molar refractivity (Wildman–Crippen MR) is 78.8 cm³/mol. The quantitative estimate of drug-likeness (QED) is 0.873. The van der Waals surface area contributed by atoms with E-state index in [1.165, 1.54) is 19.3 Å². The summed E-state index contributed by atoms with van der Waals surface area (Å²) in [6.45, 7) is 3.90. The Balaban J connectivity index is 2.22. The summed E-state index contributed by atoms with van der Waals surface area (Å²) in [6, 6.07) is 0. The number of hydrogen-bond donors (Lipinski definition) is 1. The Kier molecular flexibility index (Phi) is 3.25. The fourth-order valence-electron chi connectivity index (χ4n) is 3.14. The molecule has 5 heteroatoms. The highest BCUT2D eigenvalue weighted by atomic mass is 79.9. The molecule has 2 aromatic rings. The van der Waals surface area contributed by atoms with E-state index in [1.54, 1.807) is 4.52 Å². The van der Waals surface area contributed by atoms with Crippen LogP contribution in [-0.4, -0.2) is 14.6 Å². The third-order valence-electron chi connectivity index (χ3n) is 4.13. The van der Waals surface area contributed by atoms with E-state index in [-0.39, 0.29) is 5.56 Å². The van der Waals surface area contributed by atoms with Crippen LogP contribution in [0.5, 0.6) is 0 Å². The monoisotopic (exact) mass is 323 g/mol. The lowest BCUT2D eigenvalue weighted by Gasteiger charge is -2.22. The highest BCUT2D eigenvalue weighted by Gasteiger charge is 2.23. The van der Waals surface area contributed by atoms with E-state index in [9.17, 15) is 4.79 Å². The largest absolute Gasteiger partial charge is 0.293 e. The number of aryl methyl sites for hydroxylation is 2. The van der Waals surface area contributed by atoms with Crippen molar-refractivity contribution in [3.63, 3.8) is 0 Å². The van der Waals surface area contributed by atoms with Gasteiger partial charge in [0.2, 0.25) is 0 Å². The lowest BCUT2D eigenvalue weighted by molar-refractivity contribution is 0.437. The molecule has 0 atom stereocenters. The molecule has 1 saturated carbocycles. The normalized spacial score (nSPS) is 17.2. The maximum absolute atomic E-state index is 12.7. The first-order chi connectivity index (χ1) is 9.09. The lowest BCUT2D eigenvalue weighted by atomic mass is 9.84. The molecule has 19 heavy (non-hydrogen) atoms. The van der Waals surface area contributed by atoms with E-state index >= 15 is 0 Å². The molecule has 0 bridgehead atoms. The summed E-state index contributed by atoms with van der Waals surface area (Å²) in [5, 5.41) is 3.10. The number of hydrogen-bond acceptors (Lipinski definition) is 2. The van der Waals surface area contributed by atoms with Crippen molar-refractivity contribution in [1.29, 1.82) is 0 Å². The Hall–Kier alpha value is -1.10. The van der Waals surface area contributed by atoms with Gasteiger partial charge in [0.25, 0.3) is 5.56 Å². The van der Waals surface area contributed by atoms with Crippen molar-refractivity contribution in [3.05, 3.63) is 31.8 Å². The van der Waals surface area contributed by atoms with Crippen LogP contribution in [0.4, 0.5) is 0 Å². The molecule has 0 aromatic carbocycles. The van der Waals surface area contributed by atoms with Crippen molar-refractivity contribution in [2.75, 3.05) is 0 Å². The van der Waals surface area contributed by atoms with E-state index in [2.05, 4.69) is 26.0 Å². The van der Waals surface area contributed by atoms with Gasteiger partial charge in [-0.3, -0.25) is 9.89 Å². The van der Waals surface area contributed by atoms with Crippen molar-refractivity contribution in [2.24, 2.45) is 0 Å². The standard InChI is InChI=1S/C14H18BrN3O/c1-8-11(10-6-4-3-5-7-10)14(19)18-13(16-8)12(15)9(2)17-18/h10,17H,3-7H2,1-2H3. The number of nitrogens with one attached hydrogen (secondary N) is 1. The second kappa shape index (κ2) is 4.78. The minimum Gasteiger partial charge on any atom is -0.293 e. The minimum absolute atomic E-state index is 0.0724. The molecule has 1 aliphatic rings. The van der Waals surface area contributed by atoms with E-state index in [4.69, 9.17) is 0 Å². The maximum atomic E-state index is 12.7. The lowest BCUT2D eigenvalue weighted by Crippen LogP contribution is -2.25. The zero-order valence-corrected chi connectivity index (χ0v) is 12.9. The first-order valence-corrected chi connectivity index (χ1v) is 7.66. The third-order valence-corrected chi connectivity index (χ3v) is 5.08. The van der Waals surface area contributed by atoms with Gasteiger partial charge in [-0.1, -0.05) is 19.3 Å². The summed E-state index contributed by atoms with van der Waals surface area (Å²) in [4.78, 5) is 17.3. The van der Waals surface area contributed by atoms with Crippen molar-refractivity contribution in [2.45, 2.75) is 51.9 Å². The van der Waals surface area contributed by atoms with Crippen LogP contribution >= 0.6 is 15.9 Å². The number of rotatable bonds is 1. The van der Waals surface area contributed by atoms with Gasteiger partial charge in [-0.2, -0.15) is 4.52 Å². The molecule has 1 N–H and O–H groups in total. The van der Waals surface area contributed by atoms with Gasteiger partial charge in [0.1, 0.15) is 0 Å². The van der Waals surface area contributed by atoms with Gasteiger partial charge >= 0.3 is 0 Å². The van der Waals surface area contributed by atoms with Gasteiger partial charge in [0, 0.05) is 17.0 Å². The van der Waals surface area contributed by atoms with Crippen LogP contribution in [0.3, 0.4) is 0 Å². The summed E-state index contributed by atoms with van der Waals surface area (Å²) in [5.41, 5.74) is 3.50. The number of aromatic nitrogens is 3. The summed E-state index contributed by atoms with van der Waals surface area (Å²) < 4.78 is 2.46. The maximum Gasteiger partial charge on any atom is 0.276 e. The van der Waals surface area contributed by atoms with Gasteiger partial charge in [-0.05, 0) is 48.5 Å². The highest BCUT2D eigenvalue weighted by Crippen LogP contribution is 2.32. The average Bonchev–Trinajstić information content (AvgIpc) is 2.68. The number of aromatic amines is 1. The zero-order valence-electron chi connectivity index (χ0n) is 11.3. The van der Waals surface area contributed by atoms with Crippen molar-refractivity contribution < 1.29 is 0 Å². The molecule has 0 radical (unpaired) electrons. The first kappa shape index (κ1) is 12.9.